The Morgan fingerprint density at radius 3 is 1.95 bits per heavy atom. The van der Waals surface area contributed by atoms with Gasteiger partial charge in [0.25, 0.3) is 0 Å². The zero-order chi connectivity index (χ0) is 15.6. The lowest BCUT2D eigenvalue weighted by Gasteiger charge is -2.07. The largest absolute Gasteiger partial charge is 0.494 e. The predicted octanol–water partition coefficient (Wildman–Crippen LogP) is 4.59. The van der Waals surface area contributed by atoms with Gasteiger partial charge < -0.3 is 4.74 Å². The topological polar surface area (TPSA) is 43.4 Å². The van der Waals surface area contributed by atoms with Crippen LogP contribution in [0.3, 0.4) is 0 Å². The number of alkyl halides is 1. The maximum atomic E-state index is 11.3. The molecule has 120 valence electrons. The lowest BCUT2D eigenvalue weighted by Crippen LogP contribution is -1.99. The van der Waals surface area contributed by atoms with Crippen LogP contribution in [0.5, 0.6) is 5.75 Å². The molecule has 1 rings (SSSR count). The Bertz CT molecular complexity index is 483. The van der Waals surface area contributed by atoms with E-state index in [9.17, 15) is 8.42 Å². The van der Waals surface area contributed by atoms with Crippen molar-refractivity contribution < 1.29 is 13.2 Å². The maximum absolute atomic E-state index is 11.3. The first kappa shape index (κ1) is 18.5. The van der Waals surface area contributed by atoms with Crippen LogP contribution in [0.1, 0.15) is 44.9 Å². The van der Waals surface area contributed by atoms with Crippen LogP contribution in [0.2, 0.25) is 0 Å². The van der Waals surface area contributed by atoms with Crippen LogP contribution >= 0.6 is 15.9 Å². The second kappa shape index (κ2) is 10.2. The van der Waals surface area contributed by atoms with E-state index in [1.54, 1.807) is 24.3 Å². The van der Waals surface area contributed by atoms with Gasteiger partial charge in [0.1, 0.15) is 5.75 Å². The van der Waals surface area contributed by atoms with Crippen LogP contribution in [0, 0.1) is 0 Å². The van der Waals surface area contributed by atoms with Crippen LogP contribution in [-0.2, 0) is 9.84 Å². The van der Waals surface area contributed by atoms with E-state index < -0.39 is 9.84 Å². The van der Waals surface area contributed by atoms with E-state index in [1.165, 1.54) is 44.8 Å². The van der Waals surface area contributed by atoms with E-state index in [2.05, 4.69) is 15.9 Å². The smallest absolute Gasteiger partial charge is 0.175 e. The molecule has 0 unspecified atom stereocenters. The number of unbranched alkanes of at least 4 members (excludes halogenated alkanes) is 6. The quantitative estimate of drug-likeness (QED) is 0.418. The third-order valence-corrected chi connectivity index (χ3v) is 4.99. The summed E-state index contributed by atoms with van der Waals surface area (Å²) in [6.07, 6.45) is 9.91. The van der Waals surface area contributed by atoms with Gasteiger partial charge >= 0.3 is 0 Å². The van der Waals surface area contributed by atoms with E-state index in [1.807, 2.05) is 0 Å². The Hall–Kier alpha value is -0.550. The molecule has 0 aliphatic rings. The van der Waals surface area contributed by atoms with Gasteiger partial charge in [0, 0.05) is 11.6 Å². The molecule has 0 spiro atoms. The number of hydrogen-bond acceptors (Lipinski definition) is 3. The predicted molar refractivity (Wildman–Crippen MR) is 91.2 cm³/mol. The molecule has 0 radical (unpaired) electrons. The highest BCUT2D eigenvalue weighted by molar-refractivity contribution is 9.09. The van der Waals surface area contributed by atoms with Crippen LogP contribution in [0.15, 0.2) is 29.2 Å². The van der Waals surface area contributed by atoms with Gasteiger partial charge in [-0.1, -0.05) is 48.0 Å². The molecule has 1 aromatic carbocycles. The molecule has 3 nitrogen and oxygen atoms in total. The van der Waals surface area contributed by atoms with Crippen molar-refractivity contribution in [2.24, 2.45) is 0 Å². The molecular weight excluding hydrogens is 352 g/mol. The summed E-state index contributed by atoms with van der Waals surface area (Å²) < 4.78 is 28.3. The SMILES string of the molecule is CS(=O)(=O)c1ccc(OCCCCCCCCCBr)cc1. The van der Waals surface area contributed by atoms with Gasteiger partial charge in [0.05, 0.1) is 11.5 Å². The van der Waals surface area contributed by atoms with Crippen LogP contribution in [-0.4, -0.2) is 26.6 Å². The Morgan fingerprint density at radius 2 is 1.43 bits per heavy atom. The minimum Gasteiger partial charge on any atom is -0.494 e. The molecule has 5 heteroatoms. The van der Waals surface area contributed by atoms with Gasteiger partial charge in [-0.05, 0) is 37.1 Å². The number of rotatable bonds is 11. The standard InChI is InChI=1S/C16H25BrO3S/c1-21(18,19)16-11-9-15(10-12-16)20-14-8-6-4-2-3-5-7-13-17/h9-12H,2-8,13-14H2,1H3. The molecule has 0 N–H and O–H groups in total. The molecule has 0 amide bonds. The van der Waals surface area contributed by atoms with E-state index in [-0.39, 0.29) is 0 Å². The highest BCUT2D eigenvalue weighted by Crippen LogP contribution is 2.16. The molecule has 0 saturated carbocycles. The van der Waals surface area contributed by atoms with Crippen molar-refractivity contribution >= 4 is 25.8 Å². The number of ether oxygens (including phenoxy) is 1. The number of halogens is 1. The second-order valence-electron chi connectivity index (χ2n) is 5.26. The van der Waals surface area contributed by atoms with Crippen LogP contribution in [0.25, 0.3) is 0 Å². The zero-order valence-electron chi connectivity index (χ0n) is 12.7. The highest BCUT2D eigenvalue weighted by Gasteiger charge is 2.06. The fourth-order valence-corrected chi connectivity index (χ4v) is 3.08. The molecule has 0 heterocycles. The Balaban J connectivity index is 2.10. The molecule has 0 aromatic heterocycles. The van der Waals surface area contributed by atoms with Crippen molar-refractivity contribution in [2.45, 2.75) is 49.8 Å². The van der Waals surface area contributed by atoms with E-state index in [0.29, 0.717) is 11.5 Å². The minimum atomic E-state index is -3.12. The van der Waals surface area contributed by atoms with Gasteiger partial charge in [0.2, 0.25) is 0 Å². The van der Waals surface area contributed by atoms with Crippen molar-refractivity contribution in [3.63, 3.8) is 0 Å². The molecule has 1 aromatic rings. The highest BCUT2D eigenvalue weighted by atomic mass is 79.9. The third-order valence-electron chi connectivity index (χ3n) is 3.30. The fraction of sp³-hybridized carbons (Fsp3) is 0.625. The van der Waals surface area contributed by atoms with Crippen molar-refractivity contribution in [1.29, 1.82) is 0 Å². The first-order valence-electron chi connectivity index (χ1n) is 7.53. The minimum absolute atomic E-state index is 0.332. The molecule has 0 fully saturated rings. The van der Waals surface area contributed by atoms with E-state index in [4.69, 9.17) is 4.74 Å². The molecular formula is C16H25BrO3S. The fourth-order valence-electron chi connectivity index (χ4n) is 2.05. The Morgan fingerprint density at radius 1 is 0.905 bits per heavy atom. The summed E-state index contributed by atoms with van der Waals surface area (Å²) >= 11 is 3.44. The number of benzene rings is 1. The molecule has 0 saturated heterocycles. The summed E-state index contributed by atoms with van der Waals surface area (Å²) in [6, 6.07) is 6.62. The lowest BCUT2D eigenvalue weighted by molar-refractivity contribution is 0.304. The summed E-state index contributed by atoms with van der Waals surface area (Å²) in [4.78, 5) is 0.332. The summed E-state index contributed by atoms with van der Waals surface area (Å²) in [7, 11) is -3.12. The van der Waals surface area contributed by atoms with Gasteiger partial charge in [-0.2, -0.15) is 0 Å². The van der Waals surface area contributed by atoms with Crippen molar-refractivity contribution in [3.8, 4) is 5.75 Å². The zero-order valence-corrected chi connectivity index (χ0v) is 15.1. The summed E-state index contributed by atoms with van der Waals surface area (Å²) in [5.41, 5.74) is 0. The monoisotopic (exact) mass is 376 g/mol. The summed E-state index contributed by atoms with van der Waals surface area (Å²) in [5.74, 6) is 0.736. The first-order valence-corrected chi connectivity index (χ1v) is 10.5. The van der Waals surface area contributed by atoms with Gasteiger partial charge in [-0.25, -0.2) is 8.42 Å². The van der Waals surface area contributed by atoms with E-state index in [0.717, 1.165) is 17.5 Å². The normalized spacial score (nSPS) is 11.5. The average Bonchev–Trinajstić information content (AvgIpc) is 2.45. The molecule has 21 heavy (non-hydrogen) atoms. The number of sulfone groups is 1. The van der Waals surface area contributed by atoms with Crippen LogP contribution in [0.4, 0.5) is 0 Å². The molecule has 0 bridgehead atoms. The summed E-state index contributed by atoms with van der Waals surface area (Å²) in [6.45, 7) is 0.694. The van der Waals surface area contributed by atoms with E-state index >= 15 is 0 Å². The van der Waals surface area contributed by atoms with Gasteiger partial charge in [0.15, 0.2) is 9.84 Å². The lowest BCUT2D eigenvalue weighted by atomic mass is 10.1. The maximum Gasteiger partial charge on any atom is 0.175 e. The van der Waals surface area contributed by atoms with Crippen molar-refractivity contribution in [3.05, 3.63) is 24.3 Å². The molecule has 0 atom stereocenters. The third kappa shape index (κ3) is 8.47. The van der Waals surface area contributed by atoms with Crippen molar-refractivity contribution in [1.82, 2.24) is 0 Å². The average molecular weight is 377 g/mol. The van der Waals surface area contributed by atoms with Crippen LogP contribution < -0.4 is 4.74 Å². The Kier molecular flexibility index (Phi) is 9.00. The Labute approximate surface area is 137 Å². The van der Waals surface area contributed by atoms with Gasteiger partial charge in [-0.15, -0.1) is 0 Å². The number of hydrogen-bond donors (Lipinski definition) is 0. The second-order valence-corrected chi connectivity index (χ2v) is 8.06. The van der Waals surface area contributed by atoms with Crippen molar-refractivity contribution in [2.75, 3.05) is 18.2 Å². The first-order chi connectivity index (χ1) is 10.0. The molecule has 0 aliphatic heterocycles. The summed E-state index contributed by atoms with van der Waals surface area (Å²) in [5, 5.41) is 1.11. The van der Waals surface area contributed by atoms with Gasteiger partial charge in [-0.3, -0.25) is 0 Å². The molecule has 0 aliphatic carbocycles.